The van der Waals surface area contributed by atoms with Crippen LogP contribution in [0, 0.1) is 0 Å². The van der Waals surface area contributed by atoms with Crippen LogP contribution in [0.1, 0.15) is 24.2 Å². The molecule has 0 saturated carbocycles. The van der Waals surface area contributed by atoms with Crippen molar-refractivity contribution in [1.29, 1.82) is 0 Å². The van der Waals surface area contributed by atoms with Crippen LogP contribution < -0.4 is 10.1 Å². The van der Waals surface area contributed by atoms with Gasteiger partial charge in [-0.1, -0.05) is 6.07 Å². The Morgan fingerprint density at radius 3 is 2.43 bits per heavy atom. The fraction of sp³-hybridized carbons (Fsp3) is 0.222. The highest BCUT2D eigenvalue weighted by Gasteiger charge is 2.16. The summed E-state index contributed by atoms with van der Waals surface area (Å²) in [5, 5.41) is 2.47. The molecule has 0 aliphatic rings. The van der Waals surface area contributed by atoms with E-state index in [-0.39, 0.29) is 16.9 Å². The molecule has 1 N–H and O–H groups in total. The first-order valence-electron chi connectivity index (χ1n) is 7.22. The van der Waals surface area contributed by atoms with E-state index in [0.717, 1.165) is 10.6 Å². The predicted molar refractivity (Wildman–Crippen MR) is 93.4 cm³/mol. The van der Waals surface area contributed by atoms with Crippen molar-refractivity contribution in [2.45, 2.75) is 24.0 Å². The summed E-state index contributed by atoms with van der Waals surface area (Å²) in [6, 6.07) is 14.6. The van der Waals surface area contributed by atoms with Crippen LogP contribution in [-0.2, 0) is 4.79 Å². The molecule has 0 aromatic heterocycles. The van der Waals surface area contributed by atoms with Gasteiger partial charge in [-0.2, -0.15) is 0 Å². The number of hydrogen-bond acceptors (Lipinski definition) is 4. The maximum Gasteiger partial charge on any atom is 0.221 e. The average Bonchev–Trinajstić information content (AvgIpc) is 2.54. The van der Waals surface area contributed by atoms with Crippen LogP contribution in [0.15, 0.2) is 53.4 Å². The van der Waals surface area contributed by atoms with Gasteiger partial charge < -0.3 is 10.1 Å². The van der Waals surface area contributed by atoms with Crippen LogP contribution in [-0.4, -0.2) is 24.1 Å². The summed E-state index contributed by atoms with van der Waals surface area (Å²) < 4.78 is 5.19. The maximum absolute atomic E-state index is 12.5. The first-order chi connectivity index (χ1) is 11.0. The van der Waals surface area contributed by atoms with E-state index in [0.29, 0.717) is 11.3 Å². The molecule has 2 aromatic rings. The third kappa shape index (κ3) is 4.86. The van der Waals surface area contributed by atoms with E-state index in [9.17, 15) is 9.59 Å². The quantitative estimate of drug-likeness (QED) is 0.642. The van der Waals surface area contributed by atoms with E-state index < -0.39 is 0 Å². The summed E-state index contributed by atoms with van der Waals surface area (Å²) >= 11 is 1.49. The van der Waals surface area contributed by atoms with Crippen LogP contribution in [0.3, 0.4) is 0 Å². The molecule has 2 rings (SSSR count). The minimum absolute atomic E-state index is 0.0483. The lowest BCUT2D eigenvalue weighted by Crippen LogP contribution is -2.13. The number of carbonyl (C=O) groups is 2. The molecule has 0 unspecified atom stereocenters. The highest BCUT2D eigenvalue weighted by atomic mass is 32.2. The molecule has 2 aromatic carbocycles. The third-order valence-corrected chi connectivity index (χ3v) is 4.31. The molecule has 0 bridgehead atoms. The molecule has 23 heavy (non-hydrogen) atoms. The number of ether oxygens (including phenoxy) is 1. The summed E-state index contributed by atoms with van der Waals surface area (Å²) in [5.74, 6) is 0.688. The van der Waals surface area contributed by atoms with E-state index in [2.05, 4.69) is 5.32 Å². The predicted octanol–water partition coefficient (Wildman–Crippen LogP) is 4.02. The average molecular weight is 329 g/mol. The van der Waals surface area contributed by atoms with Crippen LogP contribution in [0.25, 0.3) is 0 Å². The molecule has 120 valence electrons. The Hall–Kier alpha value is -2.27. The Kier molecular flexibility index (Phi) is 5.82. The van der Waals surface area contributed by atoms with E-state index in [1.54, 1.807) is 31.4 Å². The summed E-state index contributed by atoms with van der Waals surface area (Å²) in [6.07, 6.45) is 0. The summed E-state index contributed by atoms with van der Waals surface area (Å²) in [5.41, 5.74) is 1.31. The van der Waals surface area contributed by atoms with Gasteiger partial charge in [0.15, 0.2) is 5.78 Å². The second kappa shape index (κ2) is 7.83. The fourth-order valence-electron chi connectivity index (χ4n) is 2.09. The summed E-state index contributed by atoms with van der Waals surface area (Å²) in [6.45, 7) is 3.33. The van der Waals surface area contributed by atoms with Gasteiger partial charge in [-0.25, -0.2) is 0 Å². The molecule has 0 spiro atoms. The van der Waals surface area contributed by atoms with Crippen LogP contribution in [0.2, 0.25) is 0 Å². The Morgan fingerprint density at radius 2 is 1.83 bits per heavy atom. The van der Waals surface area contributed by atoms with Gasteiger partial charge in [-0.05, 0) is 49.4 Å². The number of benzene rings is 2. The highest BCUT2D eigenvalue weighted by molar-refractivity contribution is 8.00. The zero-order chi connectivity index (χ0) is 16.8. The molecule has 0 aliphatic carbocycles. The molecule has 0 fully saturated rings. The molecule has 0 heterocycles. The number of ketones is 1. The van der Waals surface area contributed by atoms with Gasteiger partial charge in [-0.3, -0.25) is 9.59 Å². The molecule has 5 heteroatoms. The van der Waals surface area contributed by atoms with E-state index >= 15 is 0 Å². The van der Waals surface area contributed by atoms with E-state index in [4.69, 9.17) is 4.74 Å². The Balaban J connectivity index is 2.05. The molecular formula is C18H19NO3S. The van der Waals surface area contributed by atoms with Crippen molar-refractivity contribution >= 4 is 29.1 Å². The molecule has 1 atom stereocenters. The van der Waals surface area contributed by atoms with Gasteiger partial charge in [0.1, 0.15) is 5.75 Å². The van der Waals surface area contributed by atoms with Crippen molar-refractivity contribution in [3.63, 3.8) is 0 Å². The molecule has 1 amide bonds. The number of amides is 1. The van der Waals surface area contributed by atoms with Crippen LogP contribution in [0.4, 0.5) is 5.69 Å². The number of Topliss-reactive ketones (excluding diaryl/α,β-unsaturated/α-hetero) is 1. The Morgan fingerprint density at radius 1 is 1.13 bits per heavy atom. The van der Waals surface area contributed by atoms with E-state index in [1.807, 2.05) is 31.2 Å². The number of hydrogen-bond donors (Lipinski definition) is 1. The second-order valence-electron chi connectivity index (χ2n) is 5.06. The van der Waals surface area contributed by atoms with Gasteiger partial charge in [0.25, 0.3) is 0 Å². The molecule has 0 aliphatic heterocycles. The van der Waals surface area contributed by atoms with Gasteiger partial charge in [0.2, 0.25) is 5.91 Å². The smallest absolute Gasteiger partial charge is 0.221 e. The van der Waals surface area contributed by atoms with Crippen molar-refractivity contribution in [1.82, 2.24) is 0 Å². The minimum atomic E-state index is -0.214. The van der Waals surface area contributed by atoms with Gasteiger partial charge >= 0.3 is 0 Å². The lowest BCUT2D eigenvalue weighted by Gasteiger charge is -2.11. The zero-order valence-electron chi connectivity index (χ0n) is 13.3. The number of methoxy groups -OCH3 is 1. The van der Waals surface area contributed by atoms with Gasteiger partial charge in [0.05, 0.1) is 12.4 Å². The number of nitrogens with one attached hydrogen (secondary N) is 1. The van der Waals surface area contributed by atoms with Crippen molar-refractivity contribution in [2.75, 3.05) is 12.4 Å². The normalized spacial score (nSPS) is 11.6. The number of carbonyl (C=O) groups excluding carboxylic acids is 2. The Bertz CT molecular complexity index is 698. The molecular weight excluding hydrogens is 310 g/mol. The fourth-order valence-corrected chi connectivity index (χ4v) is 3.08. The summed E-state index contributed by atoms with van der Waals surface area (Å²) in [4.78, 5) is 24.5. The molecule has 0 radical (unpaired) electrons. The third-order valence-electron chi connectivity index (χ3n) is 3.21. The zero-order valence-corrected chi connectivity index (χ0v) is 14.1. The SMILES string of the molecule is COc1cccc(S[C@@H](C)C(=O)c2ccc(NC(C)=O)cc2)c1. The van der Waals surface area contributed by atoms with Gasteiger partial charge in [0, 0.05) is 23.1 Å². The number of rotatable bonds is 6. The van der Waals surface area contributed by atoms with Crippen LogP contribution >= 0.6 is 11.8 Å². The van der Waals surface area contributed by atoms with Crippen molar-refractivity contribution in [3.05, 3.63) is 54.1 Å². The first-order valence-corrected chi connectivity index (χ1v) is 8.10. The second-order valence-corrected chi connectivity index (χ2v) is 6.48. The Labute approximate surface area is 140 Å². The lowest BCUT2D eigenvalue weighted by atomic mass is 10.1. The standard InChI is InChI=1S/C18H19NO3S/c1-12(23-17-6-4-5-16(11-17)22-3)18(21)14-7-9-15(10-8-14)19-13(2)20/h4-12H,1-3H3,(H,19,20)/t12-/m0/s1. The van der Waals surface area contributed by atoms with Crippen molar-refractivity contribution in [3.8, 4) is 5.75 Å². The monoisotopic (exact) mass is 329 g/mol. The maximum atomic E-state index is 12.5. The number of thioether (sulfide) groups is 1. The van der Waals surface area contributed by atoms with Gasteiger partial charge in [-0.15, -0.1) is 11.8 Å². The van der Waals surface area contributed by atoms with E-state index in [1.165, 1.54) is 18.7 Å². The highest BCUT2D eigenvalue weighted by Crippen LogP contribution is 2.28. The van der Waals surface area contributed by atoms with Crippen molar-refractivity contribution in [2.24, 2.45) is 0 Å². The first kappa shape index (κ1) is 17.1. The topological polar surface area (TPSA) is 55.4 Å². The van der Waals surface area contributed by atoms with Crippen LogP contribution in [0.5, 0.6) is 5.75 Å². The largest absolute Gasteiger partial charge is 0.497 e. The lowest BCUT2D eigenvalue weighted by molar-refractivity contribution is -0.114. The molecule has 4 nitrogen and oxygen atoms in total. The minimum Gasteiger partial charge on any atom is -0.497 e. The summed E-state index contributed by atoms with van der Waals surface area (Å²) in [7, 11) is 1.62. The number of anilines is 1. The van der Waals surface area contributed by atoms with Crippen molar-refractivity contribution < 1.29 is 14.3 Å². The molecule has 0 saturated heterocycles.